The van der Waals surface area contributed by atoms with Crippen molar-refractivity contribution in [3.63, 3.8) is 0 Å². The van der Waals surface area contributed by atoms with Crippen molar-refractivity contribution < 1.29 is 4.79 Å². The maximum Gasteiger partial charge on any atom is 0.255 e. The number of carbonyl (C=O) groups excluding carboxylic acids is 1. The van der Waals surface area contributed by atoms with Crippen molar-refractivity contribution in [1.82, 2.24) is 19.4 Å². The number of carbonyl (C=O) groups is 1. The van der Waals surface area contributed by atoms with E-state index in [1.165, 1.54) is 0 Å². The van der Waals surface area contributed by atoms with Crippen LogP contribution in [0.1, 0.15) is 27.4 Å². The molecule has 136 valence electrons. The van der Waals surface area contributed by atoms with Crippen LogP contribution in [0.15, 0.2) is 23.0 Å². The Bertz CT molecular complexity index is 920. The average molecular weight is 388 g/mol. The van der Waals surface area contributed by atoms with Gasteiger partial charge in [-0.1, -0.05) is 0 Å². The maximum absolute atomic E-state index is 13.1. The lowest BCUT2D eigenvalue weighted by molar-refractivity contribution is 0.0746. The van der Waals surface area contributed by atoms with Crippen LogP contribution in [0, 0.1) is 20.8 Å². The number of hydrogen-bond acceptors (Lipinski definition) is 6. The second-order valence-corrected chi connectivity index (χ2v) is 8.20. The van der Waals surface area contributed by atoms with Crippen molar-refractivity contribution in [3.05, 3.63) is 45.7 Å². The Balaban J connectivity index is 1.50. The van der Waals surface area contributed by atoms with Crippen LogP contribution in [0.5, 0.6) is 0 Å². The van der Waals surface area contributed by atoms with Gasteiger partial charge in [-0.25, -0.2) is 9.97 Å². The fourth-order valence-corrected chi connectivity index (χ4v) is 4.97. The molecule has 3 aromatic heterocycles. The number of nitrogens with zero attached hydrogens (tertiary/aromatic N) is 5. The molecule has 0 radical (unpaired) electrons. The fraction of sp³-hybridized carbons (Fsp3) is 0.389. The number of amides is 1. The summed E-state index contributed by atoms with van der Waals surface area (Å²) in [5.41, 5.74) is 3.83. The molecule has 1 amide bonds. The highest BCUT2D eigenvalue weighted by Crippen LogP contribution is 2.25. The van der Waals surface area contributed by atoms with E-state index >= 15 is 0 Å². The Morgan fingerprint density at radius 3 is 2.46 bits per heavy atom. The van der Waals surface area contributed by atoms with Gasteiger partial charge in [-0.15, -0.1) is 22.7 Å². The van der Waals surface area contributed by atoms with Crippen molar-refractivity contribution >= 4 is 33.7 Å². The molecule has 0 atom stereocenters. The number of rotatable bonds is 3. The van der Waals surface area contributed by atoms with Crippen LogP contribution in [-0.2, 0) is 0 Å². The molecular weight excluding hydrogens is 366 g/mol. The SMILES string of the molecule is Cc1csc(N2CCN(C(=O)c3cc(C)n(-c4nccs4)c3C)CC2)n1. The normalized spacial score (nSPS) is 14.9. The predicted molar refractivity (Wildman–Crippen MR) is 106 cm³/mol. The zero-order valence-electron chi connectivity index (χ0n) is 15.1. The predicted octanol–water partition coefficient (Wildman–Crippen LogP) is 3.28. The highest BCUT2D eigenvalue weighted by molar-refractivity contribution is 7.13. The van der Waals surface area contributed by atoms with Crippen molar-refractivity contribution in [2.45, 2.75) is 20.8 Å². The number of aryl methyl sites for hydroxylation is 2. The van der Waals surface area contributed by atoms with Gasteiger partial charge in [0.1, 0.15) is 0 Å². The third kappa shape index (κ3) is 3.03. The molecule has 0 bridgehead atoms. The molecule has 6 nitrogen and oxygen atoms in total. The summed E-state index contributed by atoms with van der Waals surface area (Å²) in [5, 5.41) is 5.98. The van der Waals surface area contributed by atoms with Gasteiger partial charge in [0, 0.05) is 54.5 Å². The molecule has 4 heterocycles. The Morgan fingerprint density at radius 1 is 1.08 bits per heavy atom. The molecule has 0 saturated carbocycles. The second-order valence-electron chi connectivity index (χ2n) is 6.49. The molecular formula is C18H21N5OS2. The number of piperazine rings is 1. The van der Waals surface area contributed by atoms with E-state index in [2.05, 4.69) is 24.8 Å². The van der Waals surface area contributed by atoms with Crippen molar-refractivity contribution in [3.8, 4) is 5.13 Å². The van der Waals surface area contributed by atoms with E-state index in [0.29, 0.717) is 0 Å². The summed E-state index contributed by atoms with van der Waals surface area (Å²) in [6.07, 6.45) is 1.79. The van der Waals surface area contributed by atoms with Crippen molar-refractivity contribution in [2.24, 2.45) is 0 Å². The van der Waals surface area contributed by atoms with Crippen LogP contribution in [0.2, 0.25) is 0 Å². The van der Waals surface area contributed by atoms with E-state index in [1.807, 2.05) is 37.1 Å². The monoisotopic (exact) mass is 387 g/mol. The van der Waals surface area contributed by atoms with Crippen molar-refractivity contribution in [2.75, 3.05) is 31.1 Å². The summed E-state index contributed by atoms with van der Waals surface area (Å²) in [7, 11) is 0. The van der Waals surface area contributed by atoms with Crippen molar-refractivity contribution in [1.29, 1.82) is 0 Å². The lowest BCUT2D eigenvalue weighted by atomic mass is 10.2. The second kappa shape index (κ2) is 6.85. The summed E-state index contributed by atoms with van der Waals surface area (Å²) < 4.78 is 2.06. The standard InChI is InChI=1S/C18H21N5OS2/c1-12-11-26-18(20-12)22-7-5-21(6-8-22)16(24)15-10-13(2)23(14(15)3)17-19-4-9-25-17/h4,9-11H,5-8H2,1-3H3. The van der Waals surface area contributed by atoms with E-state index < -0.39 is 0 Å². The van der Waals surface area contributed by atoms with Gasteiger partial charge in [-0.2, -0.15) is 0 Å². The van der Waals surface area contributed by atoms with Crippen LogP contribution < -0.4 is 4.90 Å². The minimum atomic E-state index is 0.107. The van der Waals surface area contributed by atoms with E-state index in [9.17, 15) is 4.79 Å². The lowest BCUT2D eigenvalue weighted by Crippen LogP contribution is -2.48. The van der Waals surface area contributed by atoms with E-state index in [-0.39, 0.29) is 5.91 Å². The number of thiazole rings is 2. The molecule has 1 aliphatic rings. The third-order valence-electron chi connectivity index (χ3n) is 4.72. The van der Waals surface area contributed by atoms with Gasteiger partial charge in [0.2, 0.25) is 0 Å². The first-order chi connectivity index (χ1) is 12.5. The fourth-order valence-electron chi connectivity index (χ4n) is 3.36. The molecule has 0 spiro atoms. The number of hydrogen-bond donors (Lipinski definition) is 0. The molecule has 0 aliphatic carbocycles. The Kier molecular flexibility index (Phi) is 4.54. The molecule has 0 N–H and O–H groups in total. The molecule has 3 aromatic rings. The van der Waals surface area contributed by atoms with Crippen LogP contribution in [-0.4, -0.2) is 51.5 Å². The number of aromatic nitrogens is 3. The highest BCUT2D eigenvalue weighted by Gasteiger charge is 2.26. The van der Waals surface area contributed by atoms with Crippen LogP contribution in [0.25, 0.3) is 5.13 Å². The molecule has 8 heteroatoms. The van der Waals surface area contributed by atoms with Gasteiger partial charge in [-0.3, -0.25) is 9.36 Å². The largest absolute Gasteiger partial charge is 0.345 e. The van der Waals surface area contributed by atoms with Gasteiger partial charge in [0.15, 0.2) is 10.3 Å². The van der Waals surface area contributed by atoms with Gasteiger partial charge < -0.3 is 9.80 Å². The van der Waals surface area contributed by atoms with Gasteiger partial charge >= 0.3 is 0 Å². The summed E-state index contributed by atoms with van der Waals surface area (Å²) >= 11 is 3.25. The zero-order valence-corrected chi connectivity index (χ0v) is 16.7. The molecule has 1 saturated heterocycles. The molecule has 26 heavy (non-hydrogen) atoms. The summed E-state index contributed by atoms with van der Waals surface area (Å²) in [4.78, 5) is 26.2. The van der Waals surface area contributed by atoms with Crippen LogP contribution in [0.3, 0.4) is 0 Å². The first-order valence-electron chi connectivity index (χ1n) is 8.60. The topological polar surface area (TPSA) is 54.3 Å². The van der Waals surface area contributed by atoms with Gasteiger partial charge in [-0.05, 0) is 26.8 Å². The molecule has 0 aromatic carbocycles. The first kappa shape index (κ1) is 17.2. The Morgan fingerprint density at radius 2 is 1.85 bits per heavy atom. The van der Waals surface area contributed by atoms with E-state index in [1.54, 1.807) is 28.9 Å². The molecule has 0 unspecified atom stereocenters. The molecule has 1 fully saturated rings. The summed E-state index contributed by atoms with van der Waals surface area (Å²) in [5.74, 6) is 0.107. The smallest absolute Gasteiger partial charge is 0.255 e. The van der Waals surface area contributed by atoms with Crippen LogP contribution >= 0.6 is 22.7 Å². The summed E-state index contributed by atoms with van der Waals surface area (Å²) in [6.45, 7) is 9.12. The van der Waals surface area contributed by atoms with E-state index in [4.69, 9.17) is 0 Å². The average Bonchev–Trinajstić information content (AvgIpc) is 3.36. The summed E-state index contributed by atoms with van der Waals surface area (Å²) in [6, 6.07) is 1.98. The minimum absolute atomic E-state index is 0.107. The first-order valence-corrected chi connectivity index (χ1v) is 10.4. The zero-order chi connectivity index (χ0) is 18.3. The number of anilines is 1. The lowest BCUT2D eigenvalue weighted by Gasteiger charge is -2.34. The Hall–Kier alpha value is -2.19. The van der Waals surface area contributed by atoms with Gasteiger partial charge in [0.05, 0.1) is 11.3 Å². The van der Waals surface area contributed by atoms with E-state index in [0.717, 1.165) is 59.1 Å². The van der Waals surface area contributed by atoms with Crippen LogP contribution in [0.4, 0.5) is 5.13 Å². The maximum atomic E-state index is 13.1. The quantitative estimate of drug-likeness (QED) is 0.692. The highest BCUT2D eigenvalue weighted by atomic mass is 32.1. The Labute approximate surface area is 160 Å². The minimum Gasteiger partial charge on any atom is -0.345 e. The molecule has 4 rings (SSSR count). The van der Waals surface area contributed by atoms with Gasteiger partial charge in [0.25, 0.3) is 5.91 Å². The molecule has 1 aliphatic heterocycles. The third-order valence-corrected chi connectivity index (χ3v) is 6.49.